The number of alkyl halides is 1. The summed E-state index contributed by atoms with van der Waals surface area (Å²) in [5.41, 5.74) is -2.24. The summed E-state index contributed by atoms with van der Waals surface area (Å²) < 4.78 is 13.6. The van der Waals surface area contributed by atoms with Crippen molar-refractivity contribution in [2.45, 2.75) is 44.7 Å². The lowest BCUT2D eigenvalue weighted by molar-refractivity contribution is -0.150. The van der Waals surface area contributed by atoms with Gasteiger partial charge in [0, 0.05) is 19.4 Å². The Morgan fingerprint density at radius 2 is 2.12 bits per heavy atom. The van der Waals surface area contributed by atoms with Gasteiger partial charge in [-0.3, -0.25) is 4.79 Å². The van der Waals surface area contributed by atoms with Crippen LogP contribution in [0.25, 0.3) is 0 Å². The van der Waals surface area contributed by atoms with Gasteiger partial charge in [0.2, 0.25) is 11.6 Å². The highest BCUT2D eigenvalue weighted by Crippen LogP contribution is 2.26. The number of carbonyl (C=O) groups excluding carboxylic acids is 1. The standard InChI is InChI=1S/C11H18FNO3/c1-2-3-4-5-9(14)13-7-6-11(12,8-13)10(15)16/h2-8H2,1H3,(H,15,16). The van der Waals surface area contributed by atoms with Crippen LogP contribution in [0, 0.1) is 0 Å². The predicted molar refractivity (Wildman–Crippen MR) is 56.8 cm³/mol. The summed E-state index contributed by atoms with van der Waals surface area (Å²) in [7, 11) is 0. The number of carbonyl (C=O) groups is 2. The molecule has 1 atom stereocenters. The fraction of sp³-hybridized carbons (Fsp3) is 0.818. The molecule has 1 aliphatic rings. The van der Waals surface area contributed by atoms with Crippen LogP contribution in [-0.2, 0) is 9.59 Å². The molecule has 1 amide bonds. The van der Waals surface area contributed by atoms with Crippen molar-refractivity contribution in [2.24, 2.45) is 0 Å². The largest absolute Gasteiger partial charge is 0.479 e. The highest BCUT2D eigenvalue weighted by molar-refractivity contribution is 5.82. The van der Waals surface area contributed by atoms with Crippen molar-refractivity contribution in [3.63, 3.8) is 0 Å². The summed E-state index contributed by atoms with van der Waals surface area (Å²) in [4.78, 5) is 23.6. The van der Waals surface area contributed by atoms with Gasteiger partial charge in [-0.05, 0) is 6.42 Å². The summed E-state index contributed by atoms with van der Waals surface area (Å²) in [6, 6.07) is 0. The molecule has 5 heteroatoms. The molecule has 0 saturated carbocycles. The number of hydrogen-bond acceptors (Lipinski definition) is 2. The van der Waals surface area contributed by atoms with Gasteiger partial charge in [0.05, 0.1) is 6.54 Å². The van der Waals surface area contributed by atoms with Crippen molar-refractivity contribution >= 4 is 11.9 Å². The van der Waals surface area contributed by atoms with Gasteiger partial charge >= 0.3 is 5.97 Å². The molecule has 16 heavy (non-hydrogen) atoms. The number of unbranched alkanes of at least 4 members (excludes halogenated alkanes) is 2. The van der Waals surface area contributed by atoms with Gasteiger partial charge in [-0.15, -0.1) is 0 Å². The minimum atomic E-state index is -2.24. The van der Waals surface area contributed by atoms with Crippen molar-refractivity contribution in [1.29, 1.82) is 0 Å². The SMILES string of the molecule is CCCCCC(=O)N1CCC(F)(C(=O)O)C1. The molecule has 1 heterocycles. The lowest BCUT2D eigenvalue weighted by atomic mass is 10.1. The minimum Gasteiger partial charge on any atom is -0.479 e. The summed E-state index contributed by atoms with van der Waals surface area (Å²) in [6.07, 6.45) is 3.08. The number of likely N-dealkylation sites (tertiary alicyclic amines) is 1. The van der Waals surface area contributed by atoms with Gasteiger partial charge in [-0.1, -0.05) is 19.8 Å². The first-order valence-corrected chi connectivity index (χ1v) is 5.69. The first kappa shape index (κ1) is 12.9. The van der Waals surface area contributed by atoms with E-state index >= 15 is 0 Å². The summed E-state index contributed by atoms with van der Waals surface area (Å²) in [6.45, 7) is 1.96. The van der Waals surface area contributed by atoms with Gasteiger partial charge < -0.3 is 10.0 Å². The van der Waals surface area contributed by atoms with Crippen LogP contribution in [0.2, 0.25) is 0 Å². The second-order valence-corrected chi connectivity index (χ2v) is 4.29. The topological polar surface area (TPSA) is 57.6 Å². The van der Waals surface area contributed by atoms with Crippen molar-refractivity contribution in [2.75, 3.05) is 13.1 Å². The Balaban J connectivity index is 2.41. The van der Waals surface area contributed by atoms with E-state index in [1.807, 2.05) is 6.92 Å². The van der Waals surface area contributed by atoms with E-state index in [1.165, 1.54) is 4.90 Å². The molecule has 1 unspecified atom stereocenters. The van der Waals surface area contributed by atoms with Crippen LogP contribution < -0.4 is 0 Å². The Labute approximate surface area is 94.4 Å². The zero-order valence-electron chi connectivity index (χ0n) is 9.54. The first-order chi connectivity index (χ1) is 7.49. The second kappa shape index (κ2) is 5.27. The van der Waals surface area contributed by atoms with Gasteiger partial charge in [0.1, 0.15) is 0 Å². The van der Waals surface area contributed by atoms with Gasteiger partial charge in [0.25, 0.3) is 0 Å². The van der Waals surface area contributed by atoms with Crippen LogP contribution in [-0.4, -0.2) is 40.6 Å². The molecule has 0 radical (unpaired) electrons. The van der Waals surface area contributed by atoms with E-state index in [4.69, 9.17) is 5.11 Å². The molecule has 0 bridgehead atoms. The molecule has 1 aliphatic heterocycles. The van der Waals surface area contributed by atoms with Gasteiger partial charge in [-0.25, -0.2) is 9.18 Å². The number of carboxylic acids is 1. The normalized spacial score (nSPS) is 24.8. The van der Waals surface area contributed by atoms with E-state index in [1.54, 1.807) is 0 Å². The molecule has 0 aromatic rings. The number of rotatable bonds is 5. The Morgan fingerprint density at radius 3 is 2.62 bits per heavy atom. The maximum Gasteiger partial charge on any atom is 0.343 e. The number of halogens is 1. The molecule has 4 nitrogen and oxygen atoms in total. The van der Waals surface area contributed by atoms with E-state index in [2.05, 4.69) is 0 Å². The van der Waals surface area contributed by atoms with Crippen molar-refractivity contribution in [1.82, 2.24) is 4.90 Å². The second-order valence-electron chi connectivity index (χ2n) is 4.29. The predicted octanol–water partition coefficient (Wildman–Crippen LogP) is 1.59. The maximum absolute atomic E-state index is 13.6. The van der Waals surface area contributed by atoms with Crippen LogP contribution in [0.15, 0.2) is 0 Å². The fourth-order valence-electron chi connectivity index (χ4n) is 1.84. The molecule has 92 valence electrons. The summed E-state index contributed by atoms with van der Waals surface area (Å²) >= 11 is 0. The highest BCUT2D eigenvalue weighted by Gasteiger charge is 2.46. The molecule has 0 spiro atoms. The Bertz CT molecular complexity index is 282. The quantitative estimate of drug-likeness (QED) is 0.731. The third kappa shape index (κ3) is 2.93. The zero-order chi connectivity index (χ0) is 12.2. The number of nitrogens with zero attached hydrogens (tertiary/aromatic N) is 1. The molecule has 1 saturated heterocycles. The molecular weight excluding hydrogens is 213 g/mol. The Hall–Kier alpha value is -1.13. The first-order valence-electron chi connectivity index (χ1n) is 5.69. The fourth-order valence-corrected chi connectivity index (χ4v) is 1.84. The van der Waals surface area contributed by atoms with E-state index in [0.717, 1.165) is 19.3 Å². The monoisotopic (exact) mass is 231 g/mol. The highest BCUT2D eigenvalue weighted by atomic mass is 19.1. The van der Waals surface area contributed by atoms with Crippen LogP contribution in [0.5, 0.6) is 0 Å². The number of amides is 1. The molecular formula is C11H18FNO3. The van der Waals surface area contributed by atoms with Crippen LogP contribution >= 0.6 is 0 Å². The van der Waals surface area contributed by atoms with Crippen LogP contribution in [0.1, 0.15) is 39.0 Å². The lowest BCUT2D eigenvalue weighted by Gasteiger charge is -2.17. The zero-order valence-corrected chi connectivity index (χ0v) is 9.54. The Morgan fingerprint density at radius 1 is 1.44 bits per heavy atom. The average molecular weight is 231 g/mol. The maximum atomic E-state index is 13.6. The van der Waals surface area contributed by atoms with Crippen molar-refractivity contribution < 1.29 is 19.1 Å². The van der Waals surface area contributed by atoms with Crippen molar-refractivity contribution in [3.8, 4) is 0 Å². The minimum absolute atomic E-state index is 0.0954. The summed E-state index contributed by atoms with van der Waals surface area (Å²) in [5, 5.41) is 8.67. The van der Waals surface area contributed by atoms with E-state index in [0.29, 0.717) is 6.42 Å². The smallest absolute Gasteiger partial charge is 0.343 e. The average Bonchev–Trinajstić information content (AvgIpc) is 2.63. The van der Waals surface area contributed by atoms with Gasteiger partial charge in [-0.2, -0.15) is 0 Å². The molecule has 0 aliphatic carbocycles. The lowest BCUT2D eigenvalue weighted by Crippen LogP contribution is -2.38. The number of carboxylic acid groups (broad SMARTS) is 1. The van der Waals surface area contributed by atoms with E-state index < -0.39 is 11.6 Å². The van der Waals surface area contributed by atoms with Crippen LogP contribution in [0.4, 0.5) is 4.39 Å². The molecule has 0 aromatic heterocycles. The molecule has 1 fully saturated rings. The Kier molecular flexibility index (Phi) is 4.26. The molecule has 1 rings (SSSR count). The summed E-state index contributed by atoms with van der Waals surface area (Å²) in [5.74, 6) is -1.59. The number of hydrogen-bond donors (Lipinski definition) is 1. The van der Waals surface area contributed by atoms with E-state index in [-0.39, 0.29) is 25.4 Å². The van der Waals surface area contributed by atoms with Gasteiger partial charge in [0.15, 0.2) is 0 Å². The molecule has 0 aromatic carbocycles. The molecule has 1 N–H and O–H groups in total. The van der Waals surface area contributed by atoms with Crippen LogP contribution in [0.3, 0.4) is 0 Å². The van der Waals surface area contributed by atoms with Crippen molar-refractivity contribution in [3.05, 3.63) is 0 Å². The third-order valence-electron chi connectivity index (χ3n) is 2.95. The van der Waals surface area contributed by atoms with E-state index in [9.17, 15) is 14.0 Å². The third-order valence-corrected chi connectivity index (χ3v) is 2.95. The number of aliphatic carboxylic acids is 1.